The number of phenols is 4. The van der Waals surface area contributed by atoms with Gasteiger partial charge in [0.25, 0.3) is 17.7 Å². The largest absolute Gasteiger partial charge is 1.00 e. The first kappa shape index (κ1) is 96.5. The second-order valence-corrected chi connectivity index (χ2v) is 29.0. The Morgan fingerprint density at radius 1 is 0.518 bits per heavy atom. The van der Waals surface area contributed by atoms with Crippen LogP contribution in [0, 0.1) is 0 Å². The fraction of sp³-hybridized carbons (Fsp3) is 0.366. The van der Waals surface area contributed by atoms with E-state index in [4.69, 9.17) is 63.3 Å². The Hall–Kier alpha value is -7.65. The summed E-state index contributed by atoms with van der Waals surface area (Å²) < 4.78 is 34.8. The number of hydrogen-bond donors (Lipinski definition) is 6. The van der Waals surface area contributed by atoms with E-state index in [9.17, 15) is 78.0 Å². The molecule has 0 saturated carbocycles. The summed E-state index contributed by atoms with van der Waals surface area (Å²) in [6.07, 6.45) is -0.364. The lowest BCUT2D eigenvalue weighted by Gasteiger charge is -2.27. The van der Waals surface area contributed by atoms with Crippen LogP contribution in [0.15, 0.2) is 98.3 Å². The van der Waals surface area contributed by atoms with Crippen LogP contribution < -0.4 is 28.1 Å². The number of nitrogens with zero attached hydrogens (tertiary/aromatic N) is 6. The van der Waals surface area contributed by atoms with Crippen molar-refractivity contribution >= 4 is 200 Å². The molecule has 0 bridgehead atoms. The summed E-state index contributed by atoms with van der Waals surface area (Å²) in [7, 11) is 9.30. The number of hydrogen-bond acceptors (Lipinski definition) is 23. The van der Waals surface area contributed by atoms with Gasteiger partial charge in [-0.3, -0.25) is 47.9 Å². The summed E-state index contributed by atoms with van der Waals surface area (Å²) in [5.41, 5.74) is 1.66. The van der Waals surface area contributed by atoms with Gasteiger partial charge in [-0.25, -0.2) is 14.2 Å². The molecule has 4 fully saturated rings. The average molecular weight is 1940 g/mol. The van der Waals surface area contributed by atoms with Gasteiger partial charge in [-0.2, -0.15) is 0 Å². The number of carbonyl (C=O) groups excluding carboxylic acids is 10. The number of phenolic OH excluding ortho intramolecular Hbond substituents is 4. The Morgan fingerprint density at radius 3 is 1.29 bits per heavy atom. The number of morpholine rings is 4. The highest BCUT2D eigenvalue weighted by Crippen LogP contribution is 2.35. The molecule has 0 atom stereocenters. The molecule has 5 heterocycles. The number of carbonyl (C=O) groups is 11. The van der Waals surface area contributed by atoms with Crippen LogP contribution in [0.2, 0.25) is 0 Å². The molecule has 6 N–H and O–H groups in total. The predicted molar refractivity (Wildman–Crippen MR) is 422 cm³/mol. The summed E-state index contributed by atoms with van der Waals surface area (Å²) in [6, 6.07) is 15.4. The third-order valence-corrected chi connectivity index (χ3v) is 19.2. The molecule has 110 heavy (non-hydrogen) atoms. The van der Waals surface area contributed by atoms with Crippen molar-refractivity contribution in [3.63, 3.8) is 0 Å². The minimum absolute atomic E-state index is 0. The number of aromatic carboxylic acids is 1. The molecule has 10 rings (SSSR count). The molecule has 0 aliphatic carbocycles. The van der Waals surface area contributed by atoms with Crippen molar-refractivity contribution in [3.8, 4) is 23.0 Å². The summed E-state index contributed by atoms with van der Waals surface area (Å²) in [5.74, 6) is -4.62. The van der Waals surface area contributed by atoms with Crippen LogP contribution in [0.3, 0.4) is 0 Å². The number of methoxy groups -OCH3 is 1. The number of Topliss-reactive ketones (excluding diaryl/α,β-unsaturated/α-hetero) is 4. The topological polar surface area (TPSA) is 397 Å². The van der Waals surface area contributed by atoms with Gasteiger partial charge in [-0.1, -0.05) is 0 Å². The first-order chi connectivity index (χ1) is 51.3. The van der Waals surface area contributed by atoms with Crippen LogP contribution in [-0.2, 0) is 28.5 Å². The van der Waals surface area contributed by atoms with Crippen molar-refractivity contribution in [2.45, 2.75) is 27.2 Å². The van der Waals surface area contributed by atoms with Gasteiger partial charge in [0.2, 0.25) is 5.91 Å². The van der Waals surface area contributed by atoms with Crippen LogP contribution in [0.5, 0.6) is 23.0 Å². The number of rotatable bonds is 12. The molecule has 1 aromatic heterocycles. The zero-order chi connectivity index (χ0) is 81.8. The Morgan fingerprint density at radius 2 is 0.891 bits per heavy atom. The van der Waals surface area contributed by atoms with E-state index < -0.39 is 17.7 Å². The number of anilines is 1. The Balaban J connectivity index is 0.000000340. The van der Waals surface area contributed by atoms with E-state index in [0.29, 0.717) is 120 Å². The number of carboxylic acids is 1. The number of ketones is 4. The molecule has 0 radical (unpaired) electrons. The number of ether oxygens (including phenoxy) is 5. The van der Waals surface area contributed by atoms with Gasteiger partial charge < -0.3 is 95.9 Å². The van der Waals surface area contributed by atoms with Gasteiger partial charge >= 0.3 is 21.9 Å². The van der Waals surface area contributed by atoms with Gasteiger partial charge in [0.05, 0.1) is 114 Å². The van der Waals surface area contributed by atoms with E-state index in [-0.39, 0.29) is 146 Å². The minimum atomic E-state index is -1.15. The molecule has 4 aliphatic rings. The number of esters is 1. The van der Waals surface area contributed by atoms with Crippen LogP contribution in [0.4, 0.5) is 10.7 Å². The molecule has 5 amide bonds. The number of aromatic hydroxyl groups is 4. The van der Waals surface area contributed by atoms with E-state index in [1.54, 1.807) is 50.1 Å². The highest BCUT2D eigenvalue weighted by molar-refractivity contribution is 9.11. The summed E-state index contributed by atoms with van der Waals surface area (Å²) in [5, 5.41) is 49.7. The predicted octanol–water partition coefficient (Wildman–Crippen LogP) is 7.84. The number of fused-ring (bicyclic) bond motifs is 1. The molecule has 0 spiro atoms. The molecular formula is C71H78Br5Cl4N7O23. The van der Waals surface area contributed by atoms with Gasteiger partial charge in [0, 0.05) is 120 Å². The normalized spacial score (nSPS) is 13.5. The van der Waals surface area contributed by atoms with Crippen molar-refractivity contribution in [1.29, 1.82) is 0 Å². The van der Waals surface area contributed by atoms with E-state index in [1.165, 1.54) is 93.3 Å². The van der Waals surface area contributed by atoms with Crippen molar-refractivity contribution in [1.82, 2.24) is 24.9 Å². The molecule has 6 aromatic rings. The molecule has 0 unspecified atom stereocenters. The number of carboxylic acid groups (broad SMARTS) is 1. The van der Waals surface area contributed by atoms with Crippen LogP contribution >= 0.6 is 114 Å². The van der Waals surface area contributed by atoms with Gasteiger partial charge in [0.1, 0.15) is 36.2 Å². The highest BCUT2D eigenvalue weighted by Gasteiger charge is 2.26. The van der Waals surface area contributed by atoms with Crippen LogP contribution in [0.1, 0.15) is 120 Å². The minimum Gasteiger partial charge on any atom is -1.00 e. The monoisotopic (exact) mass is 1930 g/mol. The van der Waals surface area contributed by atoms with Crippen LogP contribution in [0.25, 0.3) is 11.0 Å². The molecular weight excluding hydrogens is 1860 g/mol. The van der Waals surface area contributed by atoms with E-state index >= 15 is 0 Å². The zero-order valence-corrected chi connectivity index (χ0v) is 71.5. The highest BCUT2D eigenvalue weighted by atomic mass is 79.9. The number of nitrogens with one attached hydrogen (secondary N) is 1. The first-order valence-corrected chi connectivity index (χ1v) is 37.5. The number of halogens is 9. The van der Waals surface area contributed by atoms with Crippen molar-refractivity contribution in [2.24, 2.45) is 0 Å². The second-order valence-electron chi connectivity index (χ2n) is 23.5. The van der Waals surface area contributed by atoms with Crippen LogP contribution in [-0.4, -0.2) is 266 Å². The third kappa shape index (κ3) is 29.1. The van der Waals surface area contributed by atoms with E-state index in [1.807, 2.05) is 9.48 Å². The van der Waals surface area contributed by atoms with Crippen molar-refractivity contribution < 1.29 is 123 Å². The number of amides is 5. The Labute approximate surface area is 694 Å². The summed E-state index contributed by atoms with van der Waals surface area (Å²) in [4.78, 5) is 146. The molecule has 39 heteroatoms. The summed E-state index contributed by atoms with van der Waals surface area (Å²) >= 11 is 31.9. The Kier molecular flexibility index (Phi) is 41.3. The standard InChI is InChI=1S/C16H17BrN2O4.C15H17BrN2O5.C11H12BrNO3.C10H9BrO4.C9H7BrO4.C5H8Cl2NO.C5H8ClNO2.ClH/c1-18(2)16(21)10-7-11-13(20)9-14(19-3-5-22-6-4-19)23-15(11)12(17)8-10;1-17-15(22)9-6-10(14(21)11(16)7-9)12(19)8-13(20)18-2-4-23-5-3-18;1-6(14)8-4-7(11(16)13(2)3)5-9(12)10(8)15;1-5(12)7-3-6(10(14)15-2)4-8(11)9(7)13;1-4(11)6-2-5(9(13)14)3-7(10)8(6)12;6-5(7)8-1-3-9-4-2-8;6-5(8)7-1-3-9-4-2-7;/h7-9H,3-6H2,1-2H3;6-7,21H,2-5,8H2,1H3,(H,17,22);4-5,15H,1-3H3;3-4,13H,1-2H3;2-3,12H,1H3,(H,13,14);2*1-4H2;1H/q;;;;;+1;;/p-1. The van der Waals surface area contributed by atoms with Crippen molar-refractivity contribution in [3.05, 3.63) is 149 Å². The smallest absolute Gasteiger partial charge is 0.341 e. The lowest BCUT2D eigenvalue weighted by Crippen LogP contribution is -3.00. The average Bonchev–Trinajstić information content (AvgIpc) is 0.779. The summed E-state index contributed by atoms with van der Waals surface area (Å²) in [6.45, 7) is 13.8. The number of benzene rings is 5. The molecule has 4 saturated heterocycles. The van der Waals surface area contributed by atoms with Gasteiger partial charge in [-0.15, -0.1) is 0 Å². The lowest BCUT2D eigenvalue weighted by atomic mass is 10.0. The maximum absolute atomic E-state index is 12.5. The van der Waals surface area contributed by atoms with Crippen molar-refractivity contribution in [2.75, 3.05) is 152 Å². The van der Waals surface area contributed by atoms with Gasteiger partial charge in [0.15, 0.2) is 53.1 Å². The SMILES string of the molecule is CC(=O)c1cc(C(=O)N(C)C)cc(Br)c1O.CC(=O)c1cc(C(=O)O)cc(Br)c1O.CN(C)C(=O)c1cc(Br)c2oc(N3CCOCC3)cc(=O)c2c1.CNC(=O)c1cc(Br)c(O)c(C(=O)CC(=O)N2CCOCC2)c1.COC(=O)c1cc(Br)c(O)c(C(C)=O)c1.ClC(Cl)=[N+]1CCOCC1.O=C(Cl)N1CCOCC1.[Cl-]. The third-order valence-electron chi connectivity index (χ3n) is 15.4. The maximum atomic E-state index is 12.5. The maximum Gasteiger partial charge on any atom is 0.341 e. The molecule has 30 nitrogen and oxygen atoms in total. The van der Waals surface area contributed by atoms with E-state index in [0.717, 1.165) is 32.4 Å². The molecule has 598 valence electrons. The quantitative estimate of drug-likeness (QED) is 0.0170. The molecule has 4 aliphatic heterocycles. The lowest BCUT2D eigenvalue weighted by molar-refractivity contribution is -0.545. The fourth-order valence-corrected chi connectivity index (χ4v) is 12.5. The fourth-order valence-electron chi connectivity index (χ4n) is 9.58. The molecule has 5 aromatic carbocycles. The first-order valence-electron chi connectivity index (χ1n) is 32.4. The second kappa shape index (κ2) is 47.0. The van der Waals surface area contributed by atoms with E-state index in [2.05, 4.69) is 89.7 Å². The zero-order valence-electron chi connectivity index (χ0n) is 60.5. The van der Waals surface area contributed by atoms with Gasteiger partial charge in [-0.05, 0) is 173 Å². The Bertz CT molecular complexity index is 4460.